The van der Waals surface area contributed by atoms with Gasteiger partial charge in [0.15, 0.2) is 0 Å². The molecule has 108 valence electrons. The highest BCUT2D eigenvalue weighted by molar-refractivity contribution is 9.10. The van der Waals surface area contributed by atoms with Crippen molar-refractivity contribution in [2.24, 2.45) is 0 Å². The number of aryl methyl sites for hydroxylation is 1. The Labute approximate surface area is 145 Å². The number of hydrogen-bond donors (Lipinski definition) is 0. The van der Waals surface area contributed by atoms with Crippen molar-refractivity contribution in [2.75, 3.05) is 0 Å². The Morgan fingerprint density at radius 1 is 1.14 bits per heavy atom. The predicted octanol–water partition coefficient (Wildman–Crippen LogP) is 6.16. The second-order valence-corrected chi connectivity index (χ2v) is 7.41. The number of imidazole rings is 1. The van der Waals surface area contributed by atoms with Gasteiger partial charge in [0.05, 0.1) is 16.4 Å². The van der Waals surface area contributed by atoms with E-state index < -0.39 is 0 Å². The lowest BCUT2D eigenvalue weighted by atomic mass is 10.2. The van der Waals surface area contributed by atoms with Crippen LogP contribution in [0.2, 0.25) is 0 Å². The summed E-state index contributed by atoms with van der Waals surface area (Å²) in [5.74, 6) is 0.853. The summed E-state index contributed by atoms with van der Waals surface area (Å²) in [7, 11) is 0. The molecule has 0 aliphatic heterocycles. The van der Waals surface area contributed by atoms with Crippen molar-refractivity contribution < 1.29 is 0 Å². The molecule has 21 heavy (non-hydrogen) atoms. The van der Waals surface area contributed by atoms with E-state index in [1.165, 1.54) is 5.56 Å². The van der Waals surface area contributed by atoms with E-state index in [0.29, 0.717) is 0 Å². The molecule has 1 atom stereocenters. The average molecular weight is 429 g/mol. The minimum Gasteiger partial charge on any atom is -0.295 e. The lowest BCUT2D eigenvalue weighted by Crippen LogP contribution is -2.02. The SMILES string of the molecule is Cc1cc(-n2c(C(C)Cl)nc3cc(Br)ccc32)ccc1Br. The summed E-state index contributed by atoms with van der Waals surface area (Å²) < 4.78 is 4.23. The molecule has 0 spiro atoms. The lowest BCUT2D eigenvalue weighted by molar-refractivity contribution is 0.881. The summed E-state index contributed by atoms with van der Waals surface area (Å²) in [5, 5.41) is -0.167. The number of rotatable bonds is 2. The van der Waals surface area contributed by atoms with Gasteiger partial charge in [-0.05, 0) is 55.8 Å². The van der Waals surface area contributed by atoms with Gasteiger partial charge in [0.25, 0.3) is 0 Å². The molecule has 0 fully saturated rings. The number of fused-ring (bicyclic) bond motifs is 1. The number of benzene rings is 2. The van der Waals surface area contributed by atoms with Gasteiger partial charge in [0.2, 0.25) is 0 Å². The van der Waals surface area contributed by atoms with Gasteiger partial charge in [-0.25, -0.2) is 4.98 Å². The third kappa shape index (κ3) is 2.77. The molecule has 3 aromatic rings. The lowest BCUT2D eigenvalue weighted by Gasteiger charge is -2.12. The third-order valence-corrected chi connectivity index (χ3v) is 4.98. The van der Waals surface area contributed by atoms with Gasteiger partial charge in [-0.1, -0.05) is 31.9 Å². The Kier molecular flexibility index (Phi) is 4.12. The minimum atomic E-state index is -0.167. The third-order valence-electron chi connectivity index (χ3n) is 3.40. The first kappa shape index (κ1) is 15.1. The van der Waals surface area contributed by atoms with Gasteiger partial charge in [-0.15, -0.1) is 11.6 Å². The Bertz CT molecular complexity index is 825. The monoisotopic (exact) mass is 426 g/mol. The summed E-state index contributed by atoms with van der Waals surface area (Å²) in [6.45, 7) is 4.02. The van der Waals surface area contributed by atoms with Crippen molar-refractivity contribution in [1.82, 2.24) is 9.55 Å². The van der Waals surface area contributed by atoms with E-state index in [9.17, 15) is 0 Å². The van der Waals surface area contributed by atoms with Crippen molar-refractivity contribution in [3.8, 4) is 5.69 Å². The first-order valence-corrected chi connectivity index (χ1v) is 8.58. The zero-order valence-electron chi connectivity index (χ0n) is 11.6. The minimum absolute atomic E-state index is 0.167. The van der Waals surface area contributed by atoms with Crippen molar-refractivity contribution in [1.29, 1.82) is 0 Å². The van der Waals surface area contributed by atoms with Crippen molar-refractivity contribution in [2.45, 2.75) is 19.2 Å². The Balaban J connectivity index is 2.33. The molecule has 0 amide bonds. The molecule has 2 nitrogen and oxygen atoms in total. The maximum Gasteiger partial charge on any atom is 0.132 e. The van der Waals surface area contributed by atoms with Crippen LogP contribution in [0.4, 0.5) is 0 Å². The molecular formula is C16H13Br2ClN2. The van der Waals surface area contributed by atoms with Crippen LogP contribution in [0.3, 0.4) is 0 Å². The normalized spacial score (nSPS) is 12.8. The molecule has 0 radical (unpaired) electrons. The molecule has 0 N–H and O–H groups in total. The highest BCUT2D eigenvalue weighted by Crippen LogP contribution is 2.31. The van der Waals surface area contributed by atoms with E-state index >= 15 is 0 Å². The molecule has 2 aromatic carbocycles. The molecule has 0 aliphatic rings. The van der Waals surface area contributed by atoms with Crippen LogP contribution in [0.15, 0.2) is 45.3 Å². The number of halogens is 3. The standard InChI is InChI=1S/C16H13Br2ClN2/c1-9-7-12(4-5-13(9)18)21-15-6-3-11(17)8-14(15)20-16(21)10(2)19/h3-8,10H,1-2H3. The first-order chi connectivity index (χ1) is 9.97. The van der Waals surface area contributed by atoms with Crippen LogP contribution in [-0.4, -0.2) is 9.55 Å². The number of aromatic nitrogens is 2. The van der Waals surface area contributed by atoms with Crippen molar-refractivity contribution >= 4 is 54.5 Å². The molecule has 3 rings (SSSR count). The molecule has 0 saturated heterocycles. The van der Waals surface area contributed by atoms with Gasteiger partial charge in [-0.3, -0.25) is 4.57 Å². The molecular weight excluding hydrogens is 415 g/mol. The van der Waals surface area contributed by atoms with Crippen LogP contribution in [0, 0.1) is 6.92 Å². The fraction of sp³-hybridized carbons (Fsp3) is 0.188. The van der Waals surface area contributed by atoms with Crippen LogP contribution < -0.4 is 0 Å². The zero-order chi connectivity index (χ0) is 15.1. The second-order valence-electron chi connectivity index (χ2n) is 4.99. The molecule has 5 heteroatoms. The quantitative estimate of drug-likeness (QED) is 0.447. The number of alkyl halides is 1. The highest BCUT2D eigenvalue weighted by Gasteiger charge is 2.16. The number of hydrogen-bond acceptors (Lipinski definition) is 1. The van der Waals surface area contributed by atoms with Gasteiger partial charge in [0.1, 0.15) is 5.82 Å². The molecule has 1 heterocycles. The smallest absolute Gasteiger partial charge is 0.132 e. The van der Waals surface area contributed by atoms with Crippen LogP contribution >= 0.6 is 43.5 Å². The summed E-state index contributed by atoms with van der Waals surface area (Å²) in [4.78, 5) is 4.69. The maximum atomic E-state index is 6.34. The second kappa shape index (κ2) is 5.75. The van der Waals surface area contributed by atoms with Crippen molar-refractivity contribution in [3.63, 3.8) is 0 Å². The van der Waals surface area contributed by atoms with Crippen LogP contribution in [0.5, 0.6) is 0 Å². The molecule has 1 unspecified atom stereocenters. The summed E-state index contributed by atoms with van der Waals surface area (Å²) in [5.41, 5.74) is 4.25. The first-order valence-electron chi connectivity index (χ1n) is 6.56. The van der Waals surface area contributed by atoms with E-state index in [1.54, 1.807) is 0 Å². The van der Waals surface area contributed by atoms with Crippen LogP contribution in [0.25, 0.3) is 16.7 Å². The summed E-state index contributed by atoms with van der Waals surface area (Å²) in [6, 6.07) is 12.4. The van der Waals surface area contributed by atoms with Crippen LogP contribution in [0.1, 0.15) is 23.7 Å². The number of nitrogens with zero attached hydrogens (tertiary/aromatic N) is 2. The Morgan fingerprint density at radius 3 is 2.57 bits per heavy atom. The van der Waals surface area contributed by atoms with E-state index in [4.69, 9.17) is 16.6 Å². The largest absolute Gasteiger partial charge is 0.295 e. The van der Waals surface area contributed by atoms with E-state index in [-0.39, 0.29) is 5.38 Å². The zero-order valence-corrected chi connectivity index (χ0v) is 15.5. The van der Waals surface area contributed by atoms with Gasteiger partial charge >= 0.3 is 0 Å². The van der Waals surface area contributed by atoms with E-state index in [1.807, 2.05) is 19.1 Å². The van der Waals surface area contributed by atoms with Crippen LogP contribution in [-0.2, 0) is 0 Å². The Morgan fingerprint density at radius 2 is 1.90 bits per heavy atom. The molecule has 0 aliphatic carbocycles. The molecule has 0 saturated carbocycles. The summed E-state index contributed by atoms with van der Waals surface area (Å²) >= 11 is 13.4. The van der Waals surface area contributed by atoms with E-state index in [0.717, 1.165) is 31.5 Å². The highest BCUT2D eigenvalue weighted by atomic mass is 79.9. The maximum absolute atomic E-state index is 6.34. The van der Waals surface area contributed by atoms with Gasteiger partial charge < -0.3 is 0 Å². The summed E-state index contributed by atoms with van der Waals surface area (Å²) in [6.07, 6.45) is 0. The molecule has 1 aromatic heterocycles. The fourth-order valence-corrected chi connectivity index (χ4v) is 3.12. The predicted molar refractivity (Wildman–Crippen MR) is 95.5 cm³/mol. The average Bonchev–Trinajstić information content (AvgIpc) is 2.80. The Hall–Kier alpha value is -0.840. The van der Waals surface area contributed by atoms with Gasteiger partial charge in [-0.2, -0.15) is 0 Å². The topological polar surface area (TPSA) is 17.8 Å². The van der Waals surface area contributed by atoms with Crippen molar-refractivity contribution in [3.05, 3.63) is 56.7 Å². The van der Waals surface area contributed by atoms with E-state index in [2.05, 4.69) is 67.6 Å². The van der Waals surface area contributed by atoms with Gasteiger partial charge in [0, 0.05) is 14.6 Å². The molecule has 0 bridgehead atoms. The fourth-order valence-electron chi connectivity index (χ4n) is 2.38.